The van der Waals surface area contributed by atoms with Crippen molar-refractivity contribution in [1.82, 2.24) is 9.97 Å². The van der Waals surface area contributed by atoms with Gasteiger partial charge in [-0.25, -0.2) is 9.78 Å². The highest BCUT2D eigenvalue weighted by Gasteiger charge is 2.56. The van der Waals surface area contributed by atoms with Gasteiger partial charge in [0.1, 0.15) is 30.1 Å². The van der Waals surface area contributed by atoms with Gasteiger partial charge in [0.2, 0.25) is 0 Å². The second kappa shape index (κ2) is 16.5. The fourth-order valence-corrected chi connectivity index (χ4v) is 8.93. The van der Waals surface area contributed by atoms with Crippen LogP contribution in [0.2, 0.25) is 0 Å². The second-order valence-electron chi connectivity index (χ2n) is 15.5. The molecule has 15 heteroatoms. The molecule has 0 radical (unpaired) electrons. The molecular formula is C43H49N3O12. The maximum atomic E-state index is 14.4. The monoisotopic (exact) mass is 799 g/mol. The number of benzene rings is 3. The van der Waals surface area contributed by atoms with Crippen molar-refractivity contribution in [3.63, 3.8) is 0 Å². The second-order valence-corrected chi connectivity index (χ2v) is 15.5. The first-order valence-corrected chi connectivity index (χ1v) is 19.5. The summed E-state index contributed by atoms with van der Waals surface area (Å²) >= 11 is 0. The van der Waals surface area contributed by atoms with Gasteiger partial charge in [-0.15, -0.1) is 0 Å². The first-order valence-electron chi connectivity index (χ1n) is 19.5. The van der Waals surface area contributed by atoms with Crippen molar-refractivity contribution in [1.29, 1.82) is 0 Å². The van der Waals surface area contributed by atoms with Crippen LogP contribution in [0.4, 0.5) is 5.69 Å². The molecule has 1 aromatic heterocycles. The summed E-state index contributed by atoms with van der Waals surface area (Å²) in [6.07, 6.45) is 2.37. The molecule has 0 spiro atoms. The third-order valence-corrected chi connectivity index (χ3v) is 11.9. The number of rotatable bonds is 12. The highest BCUT2D eigenvalue weighted by Crippen LogP contribution is 2.54. The van der Waals surface area contributed by atoms with Gasteiger partial charge >= 0.3 is 11.9 Å². The van der Waals surface area contributed by atoms with Crippen LogP contribution in [0, 0.1) is 0 Å². The molecular weight excluding hydrogens is 750 g/mol. The highest BCUT2D eigenvalue weighted by molar-refractivity contribution is 6.10. The van der Waals surface area contributed by atoms with Gasteiger partial charge in [0.05, 0.1) is 24.3 Å². The fourth-order valence-electron chi connectivity index (χ4n) is 8.93. The number of carboxylic acids is 1. The van der Waals surface area contributed by atoms with E-state index >= 15 is 0 Å². The number of fused-ring (bicyclic) bond motifs is 1. The largest absolute Gasteiger partial charge is 0.508 e. The molecule has 2 fully saturated rings. The lowest BCUT2D eigenvalue weighted by Crippen LogP contribution is -2.67. The molecule has 7 rings (SSSR count). The van der Waals surface area contributed by atoms with Gasteiger partial charge in [-0.05, 0) is 72.1 Å². The van der Waals surface area contributed by atoms with Crippen LogP contribution in [0.1, 0.15) is 85.0 Å². The zero-order chi connectivity index (χ0) is 41.4. The number of nitrogens with one attached hydrogen (secondary N) is 1. The maximum absolute atomic E-state index is 14.4. The van der Waals surface area contributed by atoms with Crippen molar-refractivity contribution >= 4 is 23.6 Å². The van der Waals surface area contributed by atoms with Crippen molar-refractivity contribution in [2.75, 3.05) is 11.5 Å². The summed E-state index contributed by atoms with van der Waals surface area (Å²) in [5.41, 5.74) is 3.78. The Kier molecular flexibility index (Phi) is 11.6. The van der Waals surface area contributed by atoms with Gasteiger partial charge in [-0.2, -0.15) is 0 Å². The van der Waals surface area contributed by atoms with Crippen LogP contribution in [0.3, 0.4) is 0 Å². The number of aliphatic carboxylic acids is 1. The number of aromatic amines is 1. The molecule has 3 heterocycles. The molecule has 1 aliphatic carbocycles. The number of phenols is 2. The summed E-state index contributed by atoms with van der Waals surface area (Å²) in [5, 5.41) is 85.4. The van der Waals surface area contributed by atoms with Crippen LogP contribution in [-0.4, -0.2) is 106 Å². The zero-order valence-corrected chi connectivity index (χ0v) is 31.9. The number of phenolic OH excluding ortho intramolecular Hbond substituents is 2. The lowest BCUT2D eigenvalue weighted by Gasteiger charge is -2.44. The Labute approximate surface area is 334 Å². The average Bonchev–Trinajstić information content (AvgIpc) is 3.80. The van der Waals surface area contributed by atoms with E-state index in [4.69, 9.17) is 9.47 Å². The van der Waals surface area contributed by atoms with Gasteiger partial charge in [0.15, 0.2) is 17.6 Å². The van der Waals surface area contributed by atoms with Crippen molar-refractivity contribution in [3.8, 4) is 17.2 Å². The Hall–Kier alpha value is -5.29. The summed E-state index contributed by atoms with van der Waals surface area (Å²) in [7, 11) is 0. The maximum Gasteiger partial charge on any atom is 0.355 e. The summed E-state index contributed by atoms with van der Waals surface area (Å²) in [6, 6.07) is 15.7. The van der Waals surface area contributed by atoms with Crippen LogP contribution in [0.5, 0.6) is 17.2 Å². The number of aryl methyl sites for hydroxylation is 1. The number of nitrogens with zero attached hydrogens (tertiary/aromatic N) is 2. The Morgan fingerprint density at radius 1 is 1.00 bits per heavy atom. The number of hydrogen-bond donors (Lipinski definition) is 9. The molecule has 7 unspecified atom stereocenters. The van der Waals surface area contributed by atoms with Crippen LogP contribution < -0.4 is 9.64 Å². The smallest absolute Gasteiger partial charge is 0.355 e. The van der Waals surface area contributed by atoms with Gasteiger partial charge < -0.3 is 55.3 Å². The minimum atomic E-state index is -3.10. The topological polar surface area (TPSA) is 246 Å². The van der Waals surface area contributed by atoms with Crippen LogP contribution in [0.25, 0.3) is 6.08 Å². The molecule has 3 aromatic carbocycles. The molecule has 4 aromatic rings. The number of carboxylic acid groups (broad SMARTS) is 1. The lowest BCUT2D eigenvalue weighted by molar-refractivity contribution is -0.422. The van der Waals surface area contributed by atoms with Gasteiger partial charge in [-0.3, -0.25) is 9.69 Å². The molecule has 1 saturated carbocycles. The van der Waals surface area contributed by atoms with Crippen molar-refractivity contribution in [2.45, 2.75) is 106 Å². The molecule has 1 amide bonds. The Morgan fingerprint density at radius 2 is 1.74 bits per heavy atom. The Morgan fingerprint density at radius 3 is 2.43 bits per heavy atom. The van der Waals surface area contributed by atoms with Crippen molar-refractivity contribution in [2.24, 2.45) is 0 Å². The summed E-state index contributed by atoms with van der Waals surface area (Å²) < 4.78 is 10.9. The third kappa shape index (κ3) is 7.68. The average molecular weight is 800 g/mol. The number of aliphatic hydroxyl groups excluding tert-OH is 4. The van der Waals surface area contributed by atoms with E-state index in [1.165, 1.54) is 24.3 Å². The fraction of sp³-hybridized carbons (Fsp3) is 0.419. The van der Waals surface area contributed by atoms with E-state index < -0.39 is 77.7 Å². The van der Waals surface area contributed by atoms with Crippen molar-refractivity contribution in [3.05, 3.63) is 107 Å². The van der Waals surface area contributed by atoms with Crippen LogP contribution in [0.15, 0.2) is 73.1 Å². The molecule has 308 valence electrons. The van der Waals surface area contributed by atoms with E-state index in [1.807, 2.05) is 37.3 Å². The SMILES string of the molecule is CCc1nc[nH]c1Cc1cc(C=CC(=O)N2c3cc(OC4(O)OC(CO)C(O)C(O)C4O)c(O)cc3C(CC3(c4ccccc4)CCCCC3)C2C(=O)O)ccc1O. The number of anilines is 1. The molecule has 2 aliphatic heterocycles. The van der Waals surface area contributed by atoms with E-state index in [0.29, 0.717) is 36.0 Å². The predicted octanol–water partition coefficient (Wildman–Crippen LogP) is 3.36. The van der Waals surface area contributed by atoms with E-state index in [0.717, 1.165) is 60.0 Å². The highest BCUT2D eigenvalue weighted by atomic mass is 16.8. The summed E-state index contributed by atoms with van der Waals surface area (Å²) in [4.78, 5) is 36.4. The zero-order valence-electron chi connectivity index (χ0n) is 31.9. The number of carbonyl (C=O) groups is 2. The molecule has 15 nitrogen and oxygen atoms in total. The van der Waals surface area contributed by atoms with E-state index in [2.05, 4.69) is 9.97 Å². The summed E-state index contributed by atoms with van der Waals surface area (Å²) in [5.74, 6) is -7.05. The minimum Gasteiger partial charge on any atom is -0.508 e. The number of aromatic hydroxyl groups is 2. The Balaban J connectivity index is 1.29. The van der Waals surface area contributed by atoms with Gasteiger partial charge in [0, 0.05) is 35.7 Å². The van der Waals surface area contributed by atoms with E-state index in [9.17, 15) is 50.4 Å². The summed E-state index contributed by atoms with van der Waals surface area (Å²) in [6.45, 7) is 1.10. The van der Waals surface area contributed by atoms with E-state index in [-0.39, 0.29) is 11.4 Å². The number of aromatic nitrogens is 2. The number of H-pyrrole nitrogens is 1. The first-order chi connectivity index (χ1) is 27.8. The number of amides is 1. The molecule has 0 bridgehead atoms. The van der Waals surface area contributed by atoms with E-state index in [1.54, 1.807) is 18.5 Å². The first kappa shape index (κ1) is 40.9. The molecule has 7 atom stereocenters. The van der Waals surface area contributed by atoms with Gasteiger partial charge in [-0.1, -0.05) is 62.6 Å². The minimum absolute atomic E-state index is 0.0461. The number of aliphatic hydroxyl groups is 5. The lowest BCUT2D eigenvalue weighted by atomic mass is 9.63. The third-order valence-electron chi connectivity index (χ3n) is 11.9. The van der Waals surface area contributed by atoms with Crippen molar-refractivity contribution < 1.29 is 59.9 Å². The number of carbonyl (C=O) groups excluding carboxylic acids is 1. The normalized spacial score (nSPS) is 26.8. The molecule has 9 N–H and O–H groups in total. The van der Waals surface area contributed by atoms with Gasteiger partial charge in [0.25, 0.3) is 5.91 Å². The number of imidazole rings is 1. The van der Waals surface area contributed by atoms with Crippen LogP contribution in [-0.2, 0) is 32.6 Å². The Bertz CT molecular complexity index is 2150. The standard InChI is InChI=1S/C43H49N3O12/c1-2-29-30(45-23-44-29)18-25-17-24(11-13-32(25)48)12-14-36(50)46-31-20-34(57-43(56)40(53)39(52)38(51)35(22-47)58-43)33(49)19-27(31)28(37(46)41(54)55)21-42(15-7-4-8-16-42)26-9-5-3-6-10-26/h3,5-6,9-14,17,19-20,23,28,35,37-40,47-49,51-53,56H,2,4,7-8,15-16,18,21-22H2,1H3,(H,44,45)(H,54,55). The van der Waals surface area contributed by atoms with Crippen LogP contribution >= 0.6 is 0 Å². The predicted molar refractivity (Wildman–Crippen MR) is 209 cm³/mol. The number of hydrogen-bond acceptors (Lipinski definition) is 12. The molecule has 1 saturated heterocycles. The number of ether oxygens (including phenoxy) is 2. The quantitative estimate of drug-likeness (QED) is 0.0738. The molecule has 58 heavy (non-hydrogen) atoms. The molecule has 3 aliphatic rings.